The van der Waals surface area contributed by atoms with Gasteiger partial charge in [-0.05, 0) is 38.8 Å². The van der Waals surface area contributed by atoms with E-state index < -0.39 is 5.60 Å². The summed E-state index contributed by atoms with van der Waals surface area (Å²) in [5.41, 5.74) is 2.09. The van der Waals surface area contributed by atoms with Gasteiger partial charge in [-0.3, -0.25) is 4.90 Å². The molecule has 1 fully saturated rings. The van der Waals surface area contributed by atoms with Crippen LogP contribution in [0, 0.1) is 0 Å². The van der Waals surface area contributed by atoms with E-state index in [4.69, 9.17) is 4.74 Å². The topological polar surface area (TPSA) is 32.8 Å². The Balaban J connectivity index is 1.79. The van der Waals surface area contributed by atoms with Crippen LogP contribution in [0.5, 0.6) is 0 Å². The van der Waals surface area contributed by atoms with Crippen LogP contribution >= 0.6 is 0 Å². The van der Waals surface area contributed by atoms with Gasteiger partial charge in [0.15, 0.2) is 0 Å². The second kappa shape index (κ2) is 8.13. The number of rotatable bonds is 3. The van der Waals surface area contributed by atoms with Crippen LogP contribution in [-0.4, -0.2) is 47.2 Å². The Morgan fingerprint density at radius 2 is 1.48 bits per heavy atom. The summed E-state index contributed by atoms with van der Waals surface area (Å²) in [6, 6.07) is 21.5. The number of hydrogen-bond donors (Lipinski definition) is 0. The molecule has 1 amide bonds. The van der Waals surface area contributed by atoms with Gasteiger partial charge in [0.1, 0.15) is 5.60 Å². The Bertz CT molecular complexity index is 700. The molecule has 3 rings (SSSR count). The van der Waals surface area contributed by atoms with Gasteiger partial charge in [0.2, 0.25) is 0 Å². The van der Waals surface area contributed by atoms with Crippen LogP contribution in [-0.2, 0) is 4.74 Å². The number of ether oxygens (including phenoxy) is 1. The van der Waals surface area contributed by atoms with Crippen LogP contribution in [0.15, 0.2) is 60.7 Å². The van der Waals surface area contributed by atoms with Crippen molar-refractivity contribution in [3.05, 3.63) is 71.8 Å². The van der Waals surface area contributed by atoms with Crippen molar-refractivity contribution in [3.8, 4) is 0 Å². The predicted octanol–water partition coefficient (Wildman–Crippen LogP) is 4.72. The van der Waals surface area contributed by atoms with Gasteiger partial charge in [0, 0.05) is 25.7 Å². The molecule has 0 radical (unpaired) electrons. The Labute approximate surface area is 162 Å². The number of carbonyl (C=O) groups excluding carboxylic acids is 1. The summed E-state index contributed by atoms with van der Waals surface area (Å²) in [4.78, 5) is 16.9. The lowest BCUT2D eigenvalue weighted by atomic mass is 9.95. The lowest BCUT2D eigenvalue weighted by Gasteiger charge is -2.43. The molecular formula is C23H30N2O2. The molecule has 0 spiro atoms. The first kappa shape index (κ1) is 19.4. The minimum Gasteiger partial charge on any atom is -0.444 e. The fourth-order valence-electron chi connectivity index (χ4n) is 3.70. The molecule has 4 nitrogen and oxygen atoms in total. The number of amides is 1. The van der Waals surface area contributed by atoms with Crippen molar-refractivity contribution < 1.29 is 9.53 Å². The highest BCUT2D eigenvalue weighted by atomic mass is 16.6. The van der Waals surface area contributed by atoms with Crippen molar-refractivity contribution >= 4 is 6.09 Å². The van der Waals surface area contributed by atoms with Gasteiger partial charge in [-0.25, -0.2) is 4.79 Å². The molecule has 0 bridgehead atoms. The zero-order chi connectivity index (χ0) is 19.4. The van der Waals surface area contributed by atoms with Gasteiger partial charge in [-0.1, -0.05) is 60.7 Å². The molecule has 0 aromatic heterocycles. The molecule has 0 aliphatic carbocycles. The second-order valence-corrected chi connectivity index (χ2v) is 8.24. The molecule has 144 valence electrons. The largest absolute Gasteiger partial charge is 0.444 e. The summed E-state index contributed by atoms with van der Waals surface area (Å²) in [5, 5.41) is 0. The van der Waals surface area contributed by atoms with Crippen LogP contribution in [0.2, 0.25) is 0 Å². The molecule has 1 atom stereocenters. The SMILES string of the molecule is C[C@H]1CN(C(c2ccccc2)c2ccccc2)CCN1C(=O)OC(C)(C)C. The summed E-state index contributed by atoms with van der Waals surface area (Å²) in [6.07, 6.45) is -0.217. The minimum absolute atomic E-state index is 0.100. The molecular weight excluding hydrogens is 336 g/mol. The van der Waals surface area contributed by atoms with Crippen LogP contribution < -0.4 is 0 Å². The molecule has 2 aromatic rings. The molecule has 1 aliphatic heterocycles. The third-order valence-corrected chi connectivity index (χ3v) is 4.88. The Morgan fingerprint density at radius 3 is 1.93 bits per heavy atom. The Hall–Kier alpha value is -2.33. The van der Waals surface area contributed by atoms with E-state index in [1.807, 2.05) is 25.7 Å². The maximum Gasteiger partial charge on any atom is 0.410 e. The number of piperazine rings is 1. The highest BCUT2D eigenvalue weighted by Gasteiger charge is 2.34. The maximum atomic E-state index is 12.5. The number of benzene rings is 2. The molecule has 0 unspecified atom stereocenters. The van der Waals surface area contributed by atoms with E-state index >= 15 is 0 Å². The van der Waals surface area contributed by atoms with E-state index in [-0.39, 0.29) is 18.2 Å². The Morgan fingerprint density at radius 1 is 0.963 bits per heavy atom. The van der Waals surface area contributed by atoms with Crippen molar-refractivity contribution in [1.29, 1.82) is 0 Å². The van der Waals surface area contributed by atoms with E-state index in [1.54, 1.807) is 0 Å². The van der Waals surface area contributed by atoms with Gasteiger partial charge >= 0.3 is 6.09 Å². The van der Waals surface area contributed by atoms with E-state index in [0.717, 1.165) is 13.1 Å². The average molecular weight is 367 g/mol. The van der Waals surface area contributed by atoms with E-state index in [2.05, 4.69) is 72.5 Å². The zero-order valence-electron chi connectivity index (χ0n) is 16.8. The van der Waals surface area contributed by atoms with Crippen LogP contribution in [0.1, 0.15) is 44.9 Å². The predicted molar refractivity (Wildman–Crippen MR) is 109 cm³/mol. The van der Waals surface area contributed by atoms with Crippen molar-refractivity contribution in [2.45, 2.75) is 45.4 Å². The molecule has 4 heteroatoms. The van der Waals surface area contributed by atoms with Gasteiger partial charge in [-0.15, -0.1) is 0 Å². The first-order chi connectivity index (χ1) is 12.8. The second-order valence-electron chi connectivity index (χ2n) is 8.24. The van der Waals surface area contributed by atoms with Crippen molar-refractivity contribution in [2.75, 3.05) is 19.6 Å². The summed E-state index contributed by atoms with van der Waals surface area (Å²) in [6.45, 7) is 10.1. The number of carbonyl (C=O) groups is 1. The molecule has 1 saturated heterocycles. The van der Waals surface area contributed by atoms with Crippen LogP contribution in [0.25, 0.3) is 0 Å². The lowest BCUT2D eigenvalue weighted by Crippen LogP contribution is -2.55. The third-order valence-electron chi connectivity index (χ3n) is 4.88. The first-order valence-electron chi connectivity index (χ1n) is 9.69. The molecule has 0 saturated carbocycles. The molecule has 1 aliphatic rings. The number of hydrogen-bond acceptors (Lipinski definition) is 3. The summed E-state index contributed by atoms with van der Waals surface area (Å²) in [5.74, 6) is 0. The number of nitrogens with zero attached hydrogens (tertiary/aromatic N) is 2. The van der Waals surface area contributed by atoms with E-state index in [0.29, 0.717) is 6.54 Å². The van der Waals surface area contributed by atoms with Gasteiger partial charge < -0.3 is 9.64 Å². The highest BCUT2D eigenvalue weighted by Crippen LogP contribution is 2.30. The molecule has 27 heavy (non-hydrogen) atoms. The monoisotopic (exact) mass is 366 g/mol. The molecule has 0 N–H and O–H groups in total. The molecule has 2 aromatic carbocycles. The summed E-state index contributed by atoms with van der Waals surface area (Å²) >= 11 is 0. The summed E-state index contributed by atoms with van der Waals surface area (Å²) < 4.78 is 5.58. The first-order valence-corrected chi connectivity index (χ1v) is 9.69. The van der Waals surface area contributed by atoms with Gasteiger partial charge in [-0.2, -0.15) is 0 Å². The van der Waals surface area contributed by atoms with Gasteiger partial charge in [0.05, 0.1) is 6.04 Å². The van der Waals surface area contributed by atoms with Crippen molar-refractivity contribution in [2.24, 2.45) is 0 Å². The van der Waals surface area contributed by atoms with E-state index in [1.165, 1.54) is 11.1 Å². The Kier molecular flexibility index (Phi) is 5.85. The maximum absolute atomic E-state index is 12.5. The van der Waals surface area contributed by atoms with Crippen molar-refractivity contribution in [1.82, 2.24) is 9.80 Å². The summed E-state index contributed by atoms with van der Waals surface area (Å²) in [7, 11) is 0. The standard InChI is InChI=1S/C23H30N2O2/c1-18-17-24(15-16-25(18)22(26)27-23(2,3)4)21(19-11-7-5-8-12-19)20-13-9-6-10-14-20/h5-14,18,21H,15-17H2,1-4H3/t18-/m0/s1. The third kappa shape index (κ3) is 4.89. The highest BCUT2D eigenvalue weighted by molar-refractivity contribution is 5.68. The molecule has 1 heterocycles. The quantitative estimate of drug-likeness (QED) is 0.788. The van der Waals surface area contributed by atoms with E-state index in [9.17, 15) is 4.79 Å². The lowest BCUT2D eigenvalue weighted by molar-refractivity contribution is -0.00222. The average Bonchev–Trinajstić information content (AvgIpc) is 2.62. The normalized spacial score (nSPS) is 18.6. The smallest absolute Gasteiger partial charge is 0.410 e. The minimum atomic E-state index is -0.468. The fraction of sp³-hybridized carbons (Fsp3) is 0.435. The van der Waals surface area contributed by atoms with Gasteiger partial charge in [0.25, 0.3) is 0 Å². The van der Waals surface area contributed by atoms with Crippen LogP contribution in [0.3, 0.4) is 0 Å². The zero-order valence-corrected chi connectivity index (χ0v) is 16.8. The van der Waals surface area contributed by atoms with Crippen molar-refractivity contribution in [3.63, 3.8) is 0 Å². The van der Waals surface area contributed by atoms with Crippen LogP contribution in [0.4, 0.5) is 4.79 Å². The fourth-order valence-corrected chi connectivity index (χ4v) is 3.70.